The lowest BCUT2D eigenvalue weighted by Gasteiger charge is -2.13. The number of aromatic amines is 1. The van der Waals surface area contributed by atoms with Crippen LogP contribution in [0.25, 0.3) is 22.3 Å². The molecule has 0 fully saturated rings. The van der Waals surface area contributed by atoms with Crippen LogP contribution in [0.1, 0.15) is 5.69 Å². The highest BCUT2D eigenvalue weighted by molar-refractivity contribution is 5.77. The number of aliphatic hydroxyl groups excluding tert-OH is 1. The molecule has 0 saturated heterocycles. The summed E-state index contributed by atoms with van der Waals surface area (Å²) in [4.78, 5) is 13.5. The minimum Gasteiger partial charge on any atom is -0.394 e. The number of H-pyrrole nitrogens is 1. The first-order chi connectivity index (χ1) is 13.3. The van der Waals surface area contributed by atoms with E-state index in [0.717, 1.165) is 34.0 Å². The monoisotopic (exact) mass is 365 g/mol. The van der Waals surface area contributed by atoms with E-state index in [9.17, 15) is 0 Å². The molecule has 0 atom stereocenters. The van der Waals surface area contributed by atoms with Crippen LogP contribution in [0.15, 0.2) is 36.9 Å². The molecule has 0 radical (unpaired) electrons. The molecule has 5 N–H and O–H groups in total. The van der Waals surface area contributed by atoms with E-state index in [0.29, 0.717) is 18.7 Å². The van der Waals surface area contributed by atoms with Crippen molar-refractivity contribution in [1.82, 2.24) is 40.5 Å². The van der Waals surface area contributed by atoms with Gasteiger partial charge >= 0.3 is 0 Å². The Labute approximate surface area is 153 Å². The van der Waals surface area contributed by atoms with Gasteiger partial charge in [0.25, 0.3) is 5.82 Å². The fourth-order valence-corrected chi connectivity index (χ4v) is 3.05. The summed E-state index contributed by atoms with van der Waals surface area (Å²) >= 11 is 0. The van der Waals surface area contributed by atoms with Gasteiger partial charge in [-0.25, -0.2) is 15.0 Å². The van der Waals surface area contributed by atoms with Gasteiger partial charge in [0.05, 0.1) is 43.5 Å². The molecule has 1 aliphatic rings. The van der Waals surface area contributed by atoms with Gasteiger partial charge in [0, 0.05) is 23.3 Å². The van der Waals surface area contributed by atoms with E-state index < -0.39 is 0 Å². The van der Waals surface area contributed by atoms with Gasteiger partial charge < -0.3 is 5.11 Å². The van der Waals surface area contributed by atoms with E-state index in [-0.39, 0.29) is 6.61 Å². The maximum Gasteiger partial charge on any atom is 0.290 e. The van der Waals surface area contributed by atoms with Crippen LogP contribution in [-0.2, 0) is 13.1 Å². The molecule has 1 aliphatic heterocycles. The summed E-state index contributed by atoms with van der Waals surface area (Å²) < 4.78 is 1.68. The first kappa shape index (κ1) is 15.8. The lowest BCUT2D eigenvalue weighted by Crippen LogP contribution is -2.88. The number of anilines is 1. The van der Waals surface area contributed by atoms with E-state index in [1.54, 1.807) is 23.3 Å². The molecule has 0 bridgehead atoms. The number of aromatic nitrogens is 7. The Bertz CT molecular complexity index is 1100. The first-order valence-corrected chi connectivity index (χ1v) is 8.47. The van der Waals surface area contributed by atoms with Crippen LogP contribution >= 0.6 is 0 Å². The minimum absolute atomic E-state index is 0.0383. The maximum atomic E-state index is 9.04. The van der Waals surface area contributed by atoms with Crippen molar-refractivity contribution in [2.75, 3.05) is 11.6 Å². The fraction of sp³-hybridized carbons (Fsp3) is 0.188. The number of aliphatic hydroxyl groups is 1. The number of quaternary nitrogens is 1. The van der Waals surface area contributed by atoms with E-state index >= 15 is 0 Å². The van der Waals surface area contributed by atoms with Crippen LogP contribution in [0, 0.1) is 0 Å². The number of nitrogens with one attached hydrogen (secondary N) is 2. The van der Waals surface area contributed by atoms with Crippen molar-refractivity contribution in [3.8, 4) is 11.3 Å². The number of hydrogen-bond acceptors (Lipinski definition) is 8. The molecule has 0 aromatic carbocycles. The van der Waals surface area contributed by atoms with Gasteiger partial charge in [-0.1, -0.05) is 5.53 Å². The van der Waals surface area contributed by atoms with Crippen molar-refractivity contribution in [2.24, 2.45) is 0 Å². The summed E-state index contributed by atoms with van der Waals surface area (Å²) in [7, 11) is 0. The topological polar surface area (TPSA) is 137 Å². The SMILES string of the molecule is OCCn1cc(-c2cnc3c(n2)N(Cc2[nH]nc4ncccc24)N[NH2+]3)cn1. The lowest BCUT2D eigenvalue weighted by molar-refractivity contribution is -0.629. The second-order valence-corrected chi connectivity index (χ2v) is 6.12. The van der Waals surface area contributed by atoms with Crippen LogP contribution in [0.4, 0.5) is 11.6 Å². The summed E-state index contributed by atoms with van der Waals surface area (Å²) in [5.41, 5.74) is 8.20. The predicted molar refractivity (Wildman–Crippen MR) is 95.1 cm³/mol. The molecule has 0 spiro atoms. The molecule has 11 nitrogen and oxygen atoms in total. The minimum atomic E-state index is 0.0383. The van der Waals surface area contributed by atoms with Crippen LogP contribution in [0.5, 0.6) is 0 Å². The summed E-state index contributed by atoms with van der Waals surface area (Å²) in [6, 6.07) is 3.88. The van der Waals surface area contributed by atoms with Crippen molar-refractivity contribution in [3.05, 3.63) is 42.6 Å². The Morgan fingerprint density at radius 1 is 1.22 bits per heavy atom. The molecule has 0 saturated carbocycles. The van der Waals surface area contributed by atoms with E-state index in [4.69, 9.17) is 10.1 Å². The number of hydrazine groups is 1. The van der Waals surface area contributed by atoms with Crippen LogP contribution in [0.3, 0.4) is 0 Å². The standard InChI is InChI=1S/C16H16N10O/c27-5-4-25-8-10(6-19-25)12-7-18-15-16(20-12)26(24-23-15)9-13-11-2-1-3-17-14(11)22-21-13/h1-3,6-8,24,27H,4-5,9H2,(H,18,23)(H,17,21,22)/p+1. The van der Waals surface area contributed by atoms with Crippen molar-refractivity contribution in [1.29, 1.82) is 0 Å². The lowest BCUT2D eigenvalue weighted by atomic mass is 10.2. The zero-order valence-corrected chi connectivity index (χ0v) is 14.2. The molecule has 5 heterocycles. The molecular weight excluding hydrogens is 348 g/mol. The van der Waals surface area contributed by atoms with Gasteiger partial charge in [-0.15, -0.1) is 0 Å². The average Bonchev–Trinajstić information content (AvgIpc) is 3.42. The maximum absolute atomic E-state index is 9.04. The molecule has 0 unspecified atom stereocenters. The predicted octanol–water partition coefficient (Wildman–Crippen LogP) is -0.762. The average molecular weight is 365 g/mol. The third-order valence-electron chi connectivity index (χ3n) is 4.38. The molecule has 0 aliphatic carbocycles. The Hall–Kier alpha value is -3.41. The number of rotatable bonds is 5. The molecule has 11 heteroatoms. The zero-order chi connectivity index (χ0) is 18.2. The largest absolute Gasteiger partial charge is 0.394 e. The van der Waals surface area contributed by atoms with Crippen molar-refractivity contribution < 1.29 is 10.5 Å². The highest BCUT2D eigenvalue weighted by atomic mass is 16.3. The summed E-state index contributed by atoms with van der Waals surface area (Å²) in [5.74, 6) is 1.50. The number of nitrogens with zero attached hydrogens (tertiary/aromatic N) is 7. The molecule has 4 aromatic rings. The third kappa shape index (κ3) is 2.79. The summed E-state index contributed by atoms with van der Waals surface area (Å²) in [5, 5.41) is 23.4. The molecule has 5 rings (SSSR count). The Morgan fingerprint density at radius 3 is 3.11 bits per heavy atom. The Morgan fingerprint density at radius 2 is 2.19 bits per heavy atom. The Kier molecular flexibility index (Phi) is 3.74. The van der Waals surface area contributed by atoms with Gasteiger partial charge in [-0.3, -0.25) is 9.78 Å². The fourth-order valence-electron chi connectivity index (χ4n) is 3.05. The zero-order valence-electron chi connectivity index (χ0n) is 14.2. The molecule has 4 aromatic heterocycles. The van der Waals surface area contributed by atoms with Gasteiger partial charge in [-0.05, 0) is 12.1 Å². The highest BCUT2D eigenvalue weighted by Gasteiger charge is 2.28. The van der Waals surface area contributed by atoms with Gasteiger partial charge in [0.1, 0.15) is 0 Å². The smallest absolute Gasteiger partial charge is 0.290 e. The normalized spacial score (nSPS) is 13.4. The second kappa shape index (κ2) is 6.39. The summed E-state index contributed by atoms with van der Waals surface area (Å²) in [6.07, 6.45) is 7.00. The van der Waals surface area contributed by atoms with E-state index in [1.165, 1.54) is 0 Å². The van der Waals surface area contributed by atoms with E-state index in [2.05, 4.69) is 30.8 Å². The van der Waals surface area contributed by atoms with Crippen LogP contribution < -0.4 is 16.0 Å². The van der Waals surface area contributed by atoms with Gasteiger partial charge in [-0.2, -0.15) is 20.6 Å². The highest BCUT2D eigenvalue weighted by Crippen LogP contribution is 2.26. The van der Waals surface area contributed by atoms with E-state index in [1.807, 2.05) is 28.8 Å². The van der Waals surface area contributed by atoms with Crippen LogP contribution in [-0.4, -0.2) is 46.6 Å². The molecule has 136 valence electrons. The number of nitrogens with two attached hydrogens (primary N) is 1. The van der Waals surface area contributed by atoms with Gasteiger partial charge in [0.15, 0.2) is 5.65 Å². The van der Waals surface area contributed by atoms with Crippen LogP contribution in [0.2, 0.25) is 0 Å². The molecule has 0 amide bonds. The van der Waals surface area contributed by atoms with Gasteiger partial charge in [0.2, 0.25) is 5.82 Å². The van der Waals surface area contributed by atoms with Crippen molar-refractivity contribution in [2.45, 2.75) is 13.1 Å². The quantitative estimate of drug-likeness (QED) is 0.339. The first-order valence-electron chi connectivity index (χ1n) is 8.47. The van der Waals surface area contributed by atoms with Crippen molar-refractivity contribution in [3.63, 3.8) is 0 Å². The van der Waals surface area contributed by atoms with Crippen molar-refractivity contribution >= 4 is 22.7 Å². The number of fused-ring (bicyclic) bond motifs is 2. The number of hydrogen-bond donors (Lipinski definition) is 4. The number of pyridine rings is 1. The third-order valence-corrected chi connectivity index (χ3v) is 4.38. The molecular formula is C16H17N10O+. The summed E-state index contributed by atoms with van der Waals surface area (Å²) in [6.45, 7) is 1.02. The molecule has 27 heavy (non-hydrogen) atoms. The Balaban J connectivity index is 1.45. The second-order valence-electron chi connectivity index (χ2n) is 6.12.